The fraction of sp³-hybridized carbons (Fsp3) is 0.167. The molecule has 0 bridgehead atoms. The second-order valence-corrected chi connectivity index (χ2v) is 3.69. The maximum Gasteiger partial charge on any atom is 0.221 e. The van der Waals surface area contributed by atoms with Crippen molar-refractivity contribution in [3.05, 3.63) is 18.2 Å². The highest BCUT2D eigenvalue weighted by Crippen LogP contribution is 2.27. The summed E-state index contributed by atoms with van der Waals surface area (Å²) in [4.78, 5) is 11.0. The molecule has 8 heteroatoms. The minimum Gasteiger partial charge on any atom is -0.494 e. The summed E-state index contributed by atoms with van der Waals surface area (Å²) in [6, 6.07) is 6.53. The number of amides is 1. The van der Waals surface area contributed by atoms with Crippen LogP contribution in [0.25, 0.3) is 0 Å². The van der Waals surface area contributed by atoms with E-state index in [9.17, 15) is 4.79 Å². The van der Waals surface area contributed by atoms with Gasteiger partial charge in [0.15, 0.2) is 5.84 Å². The molecule has 1 rings (SSSR count). The second kappa shape index (κ2) is 6.75. The van der Waals surface area contributed by atoms with Gasteiger partial charge in [-0.2, -0.15) is 10.4 Å². The van der Waals surface area contributed by atoms with E-state index in [1.165, 1.54) is 14.0 Å². The minimum atomic E-state index is -0.429. The Kier molecular flexibility index (Phi) is 5.05. The van der Waals surface area contributed by atoms with Crippen molar-refractivity contribution in [2.24, 2.45) is 10.8 Å². The van der Waals surface area contributed by atoms with E-state index in [-0.39, 0.29) is 11.6 Å². The highest BCUT2D eigenvalue weighted by atomic mass is 16.5. The Hall–Kier alpha value is -3.08. The lowest BCUT2D eigenvalue weighted by Gasteiger charge is -2.10. The summed E-state index contributed by atoms with van der Waals surface area (Å²) in [5.41, 5.74) is 8.56. The Balaban J connectivity index is 2.97. The number of nitrogens with zero attached hydrogens (tertiary/aromatic N) is 2. The van der Waals surface area contributed by atoms with Crippen molar-refractivity contribution in [3.63, 3.8) is 0 Å². The first kappa shape index (κ1) is 15.0. The number of benzene rings is 1. The SMILES string of the molecule is COc1cc(N/N=C(\C#N)C(=N)N)ccc1NC(C)=O. The van der Waals surface area contributed by atoms with Crippen molar-refractivity contribution in [2.75, 3.05) is 17.9 Å². The molecule has 0 saturated carbocycles. The molecule has 1 amide bonds. The normalized spacial score (nSPS) is 10.3. The van der Waals surface area contributed by atoms with E-state index in [1.807, 2.05) is 0 Å². The molecule has 0 saturated heterocycles. The van der Waals surface area contributed by atoms with Crippen LogP contribution >= 0.6 is 0 Å². The van der Waals surface area contributed by atoms with Crippen LogP contribution < -0.4 is 21.2 Å². The molecule has 0 aliphatic carbocycles. The Morgan fingerprint density at radius 1 is 1.55 bits per heavy atom. The number of nitrogens with one attached hydrogen (secondary N) is 3. The molecular formula is C12H14N6O2. The molecule has 1 aromatic rings. The zero-order valence-electron chi connectivity index (χ0n) is 11.0. The number of hydrogen-bond donors (Lipinski definition) is 4. The van der Waals surface area contributed by atoms with E-state index in [4.69, 9.17) is 21.1 Å². The van der Waals surface area contributed by atoms with Gasteiger partial charge in [-0.25, -0.2) is 0 Å². The summed E-state index contributed by atoms with van der Waals surface area (Å²) in [5, 5.41) is 22.1. The maximum absolute atomic E-state index is 11.0. The molecule has 0 heterocycles. The lowest BCUT2D eigenvalue weighted by Crippen LogP contribution is -2.21. The van der Waals surface area contributed by atoms with Crippen LogP contribution in [0, 0.1) is 16.7 Å². The van der Waals surface area contributed by atoms with Crippen LogP contribution in [0.4, 0.5) is 11.4 Å². The van der Waals surface area contributed by atoms with Gasteiger partial charge < -0.3 is 15.8 Å². The van der Waals surface area contributed by atoms with Gasteiger partial charge in [0.25, 0.3) is 0 Å². The predicted octanol–water partition coefficient (Wildman–Crippen LogP) is 0.881. The van der Waals surface area contributed by atoms with Crippen LogP contribution in [0.2, 0.25) is 0 Å². The van der Waals surface area contributed by atoms with Crippen LogP contribution in [0.5, 0.6) is 5.75 Å². The van der Waals surface area contributed by atoms with Crippen LogP contribution in [0.15, 0.2) is 23.3 Å². The smallest absolute Gasteiger partial charge is 0.221 e. The monoisotopic (exact) mass is 274 g/mol. The zero-order valence-corrected chi connectivity index (χ0v) is 11.0. The number of nitrogens with two attached hydrogens (primary N) is 1. The Bertz CT molecular complexity index is 602. The van der Waals surface area contributed by atoms with E-state index in [0.29, 0.717) is 17.1 Å². The van der Waals surface area contributed by atoms with Gasteiger partial charge in [-0.05, 0) is 12.1 Å². The maximum atomic E-state index is 11.0. The number of carbonyl (C=O) groups excluding carboxylic acids is 1. The van der Waals surface area contributed by atoms with Crippen LogP contribution in [-0.2, 0) is 4.79 Å². The molecule has 0 unspecified atom stereocenters. The van der Waals surface area contributed by atoms with Crippen LogP contribution in [0.1, 0.15) is 6.92 Å². The van der Waals surface area contributed by atoms with Gasteiger partial charge in [0.2, 0.25) is 11.6 Å². The van der Waals surface area contributed by atoms with Gasteiger partial charge in [-0.3, -0.25) is 15.6 Å². The van der Waals surface area contributed by atoms with E-state index < -0.39 is 5.84 Å². The lowest BCUT2D eigenvalue weighted by molar-refractivity contribution is -0.114. The quantitative estimate of drug-likeness (QED) is 0.359. The largest absolute Gasteiger partial charge is 0.494 e. The van der Waals surface area contributed by atoms with Gasteiger partial charge in [-0.15, -0.1) is 0 Å². The summed E-state index contributed by atoms with van der Waals surface area (Å²) in [5.74, 6) is -0.214. The molecule has 0 fully saturated rings. The molecule has 0 radical (unpaired) electrons. The van der Waals surface area contributed by atoms with Gasteiger partial charge in [0.05, 0.1) is 18.5 Å². The van der Waals surface area contributed by atoms with Crippen molar-refractivity contribution in [1.82, 2.24) is 0 Å². The van der Waals surface area contributed by atoms with Gasteiger partial charge >= 0.3 is 0 Å². The molecule has 8 nitrogen and oxygen atoms in total. The highest BCUT2D eigenvalue weighted by molar-refractivity contribution is 6.45. The molecule has 0 atom stereocenters. The molecule has 0 aromatic heterocycles. The third kappa shape index (κ3) is 3.99. The Labute approximate surface area is 115 Å². The van der Waals surface area contributed by atoms with E-state index in [2.05, 4.69) is 15.8 Å². The van der Waals surface area contributed by atoms with Crippen molar-refractivity contribution in [1.29, 1.82) is 10.7 Å². The van der Waals surface area contributed by atoms with Crippen molar-refractivity contribution < 1.29 is 9.53 Å². The van der Waals surface area contributed by atoms with E-state index in [0.717, 1.165) is 0 Å². The number of nitriles is 1. The third-order valence-corrected chi connectivity index (χ3v) is 2.17. The summed E-state index contributed by atoms with van der Waals surface area (Å²) in [6.45, 7) is 1.39. The first-order chi connectivity index (χ1) is 9.47. The standard InChI is InChI=1S/C12H14N6O2/c1-7(19)16-9-4-3-8(5-11(9)20-2)17-18-10(6-13)12(14)15/h3-5,17H,1-2H3,(H3,14,15)(H,16,19)/b18-10+. The molecule has 0 aliphatic rings. The summed E-state index contributed by atoms with van der Waals surface area (Å²) in [7, 11) is 1.46. The molecule has 5 N–H and O–H groups in total. The molecule has 104 valence electrons. The molecule has 0 spiro atoms. The minimum absolute atomic E-state index is 0.217. The summed E-state index contributed by atoms with van der Waals surface area (Å²) < 4.78 is 5.13. The van der Waals surface area contributed by atoms with Gasteiger partial charge in [0, 0.05) is 13.0 Å². The molecule has 0 aliphatic heterocycles. The third-order valence-electron chi connectivity index (χ3n) is 2.17. The number of methoxy groups -OCH3 is 1. The zero-order chi connectivity index (χ0) is 15.1. The first-order valence-corrected chi connectivity index (χ1v) is 5.51. The number of hydrazone groups is 1. The predicted molar refractivity (Wildman–Crippen MR) is 75.9 cm³/mol. The first-order valence-electron chi connectivity index (χ1n) is 5.51. The number of anilines is 2. The lowest BCUT2D eigenvalue weighted by atomic mass is 10.2. The Morgan fingerprint density at radius 2 is 2.25 bits per heavy atom. The van der Waals surface area contributed by atoms with Crippen molar-refractivity contribution >= 4 is 28.8 Å². The van der Waals surface area contributed by atoms with E-state index in [1.54, 1.807) is 24.3 Å². The second-order valence-electron chi connectivity index (χ2n) is 3.69. The number of hydrogen-bond acceptors (Lipinski definition) is 6. The number of ether oxygens (including phenoxy) is 1. The van der Waals surface area contributed by atoms with E-state index >= 15 is 0 Å². The average molecular weight is 274 g/mol. The fourth-order valence-corrected chi connectivity index (χ4v) is 1.32. The molecular weight excluding hydrogens is 260 g/mol. The number of amidine groups is 1. The van der Waals surface area contributed by atoms with Crippen molar-refractivity contribution in [2.45, 2.75) is 6.92 Å². The number of carbonyl (C=O) groups is 1. The highest BCUT2D eigenvalue weighted by Gasteiger charge is 2.06. The van der Waals surface area contributed by atoms with Crippen LogP contribution in [0.3, 0.4) is 0 Å². The summed E-state index contributed by atoms with van der Waals surface area (Å²) in [6.07, 6.45) is 0. The average Bonchev–Trinajstić information content (AvgIpc) is 2.39. The summed E-state index contributed by atoms with van der Waals surface area (Å²) >= 11 is 0. The number of rotatable bonds is 5. The van der Waals surface area contributed by atoms with Crippen LogP contribution in [-0.4, -0.2) is 24.6 Å². The molecule has 20 heavy (non-hydrogen) atoms. The van der Waals surface area contributed by atoms with Gasteiger partial charge in [0.1, 0.15) is 11.8 Å². The molecule has 1 aromatic carbocycles. The Morgan fingerprint density at radius 3 is 2.75 bits per heavy atom. The van der Waals surface area contributed by atoms with Crippen molar-refractivity contribution in [3.8, 4) is 11.8 Å². The van der Waals surface area contributed by atoms with Gasteiger partial charge in [-0.1, -0.05) is 0 Å². The fourth-order valence-electron chi connectivity index (χ4n) is 1.32. The topological polar surface area (TPSA) is 136 Å².